The average Bonchev–Trinajstić information content (AvgIpc) is 2.73. The van der Waals surface area contributed by atoms with Crippen molar-refractivity contribution in [2.75, 3.05) is 36.0 Å². The lowest BCUT2D eigenvalue weighted by atomic mass is 10.2. The lowest BCUT2D eigenvalue weighted by Crippen LogP contribution is -2.35. The number of piperidine rings is 1. The molecular formula is C20H24ClN3O5S2. The molecule has 0 aliphatic carbocycles. The van der Waals surface area contributed by atoms with Crippen LogP contribution in [0.1, 0.15) is 29.6 Å². The number of halogens is 1. The second kappa shape index (κ2) is 9.15. The first-order valence-electron chi connectivity index (χ1n) is 9.65. The van der Waals surface area contributed by atoms with Gasteiger partial charge in [0.2, 0.25) is 20.0 Å². The zero-order valence-corrected chi connectivity index (χ0v) is 19.6. The van der Waals surface area contributed by atoms with Crippen LogP contribution in [-0.4, -0.2) is 53.4 Å². The number of carbonyl (C=O) groups is 1. The van der Waals surface area contributed by atoms with E-state index in [0.717, 1.165) is 29.8 Å². The molecule has 1 N–H and O–H groups in total. The Morgan fingerprint density at radius 3 is 2.35 bits per heavy atom. The highest BCUT2D eigenvalue weighted by molar-refractivity contribution is 7.92. The van der Waals surface area contributed by atoms with E-state index in [1.54, 1.807) is 18.2 Å². The number of hydrogen-bond acceptors (Lipinski definition) is 5. The van der Waals surface area contributed by atoms with Crippen LogP contribution >= 0.6 is 11.6 Å². The molecular weight excluding hydrogens is 462 g/mol. The van der Waals surface area contributed by atoms with Gasteiger partial charge in [-0.05, 0) is 49.2 Å². The summed E-state index contributed by atoms with van der Waals surface area (Å²) in [6.07, 6.45) is 3.64. The number of benzene rings is 2. The van der Waals surface area contributed by atoms with Gasteiger partial charge >= 0.3 is 0 Å². The van der Waals surface area contributed by atoms with Gasteiger partial charge in [0, 0.05) is 31.4 Å². The molecule has 0 aromatic heterocycles. The summed E-state index contributed by atoms with van der Waals surface area (Å²) in [5.74, 6) is -0.536. The van der Waals surface area contributed by atoms with Gasteiger partial charge in [0.25, 0.3) is 5.91 Å². The maximum atomic E-state index is 13.0. The Morgan fingerprint density at radius 2 is 1.71 bits per heavy atom. The Balaban J connectivity index is 1.86. The Labute approximate surface area is 187 Å². The normalized spacial score (nSPS) is 15.5. The maximum Gasteiger partial charge on any atom is 0.255 e. The highest BCUT2D eigenvalue weighted by Crippen LogP contribution is 2.28. The van der Waals surface area contributed by atoms with Crippen molar-refractivity contribution in [3.63, 3.8) is 0 Å². The number of nitrogens with one attached hydrogen (secondary N) is 1. The van der Waals surface area contributed by atoms with Crippen molar-refractivity contribution in [2.45, 2.75) is 24.2 Å². The molecule has 1 heterocycles. The largest absolute Gasteiger partial charge is 0.322 e. The molecule has 1 aliphatic heterocycles. The van der Waals surface area contributed by atoms with Gasteiger partial charge in [-0.25, -0.2) is 16.8 Å². The monoisotopic (exact) mass is 485 g/mol. The summed E-state index contributed by atoms with van der Waals surface area (Å²) >= 11 is 6.16. The second-order valence-electron chi connectivity index (χ2n) is 7.34. The third kappa shape index (κ3) is 5.38. The van der Waals surface area contributed by atoms with E-state index >= 15 is 0 Å². The SMILES string of the molecule is CN(c1cccc(NC(=O)c2ccc(Cl)c(S(=O)(=O)N3CCCCC3)c2)c1)S(C)(=O)=O. The smallest absolute Gasteiger partial charge is 0.255 e. The Bertz CT molecular complexity index is 1190. The molecule has 0 unspecified atom stereocenters. The van der Waals surface area contributed by atoms with Gasteiger partial charge in [0.15, 0.2) is 0 Å². The van der Waals surface area contributed by atoms with E-state index in [0.29, 0.717) is 24.5 Å². The van der Waals surface area contributed by atoms with Crippen molar-refractivity contribution < 1.29 is 21.6 Å². The molecule has 0 bridgehead atoms. The van der Waals surface area contributed by atoms with E-state index in [4.69, 9.17) is 11.6 Å². The molecule has 1 amide bonds. The Hall–Kier alpha value is -2.14. The summed E-state index contributed by atoms with van der Waals surface area (Å²) in [7, 11) is -5.85. The van der Waals surface area contributed by atoms with E-state index in [1.807, 2.05) is 0 Å². The van der Waals surface area contributed by atoms with Gasteiger partial charge in [0.05, 0.1) is 17.0 Å². The molecule has 0 atom stereocenters. The molecule has 2 aromatic rings. The summed E-state index contributed by atoms with van der Waals surface area (Å²) < 4.78 is 52.0. The third-order valence-corrected chi connectivity index (χ3v) is 8.68. The van der Waals surface area contributed by atoms with Gasteiger partial charge in [-0.2, -0.15) is 4.31 Å². The number of nitrogens with zero attached hydrogens (tertiary/aromatic N) is 2. The van der Waals surface area contributed by atoms with Crippen LogP contribution in [0.2, 0.25) is 5.02 Å². The van der Waals surface area contributed by atoms with Crippen molar-refractivity contribution >= 4 is 48.9 Å². The van der Waals surface area contributed by atoms with Crippen LogP contribution in [0, 0.1) is 0 Å². The van der Waals surface area contributed by atoms with Crippen LogP contribution in [0.5, 0.6) is 0 Å². The zero-order chi connectivity index (χ0) is 22.8. The van der Waals surface area contributed by atoms with Gasteiger partial charge in [-0.15, -0.1) is 0 Å². The lowest BCUT2D eigenvalue weighted by Gasteiger charge is -2.26. The molecule has 3 rings (SSSR count). The average molecular weight is 486 g/mol. The summed E-state index contributed by atoms with van der Waals surface area (Å²) in [6.45, 7) is 0.853. The van der Waals surface area contributed by atoms with Crippen molar-refractivity contribution in [3.05, 3.63) is 53.1 Å². The van der Waals surface area contributed by atoms with Crippen LogP contribution in [0.3, 0.4) is 0 Å². The molecule has 8 nitrogen and oxygen atoms in total. The first-order chi connectivity index (χ1) is 14.5. The number of hydrogen-bond donors (Lipinski definition) is 1. The fourth-order valence-corrected chi connectivity index (χ4v) is 5.77. The number of amides is 1. The second-order valence-corrected chi connectivity index (χ2v) is 11.7. The molecule has 1 saturated heterocycles. The maximum absolute atomic E-state index is 13.0. The number of carbonyl (C=O) groups excluding carboxylic acids is 1. The lowest BCUT2D eigenvalue weighted by molar-refractivity contribution is 0.102. The van der Waals surface area contributed by atoms with Crippen LogP contribution < -0.4 is 9.62 Å². The minimum atomic E-state index is -3.81. The Morgan fingerprint density at radius 1 is 1.03 bits per heavy atom. The molecule has 0 radical (unpaired) electrons. The van der Waals surface area contributed by atoms with E-state index in [9.17, 15) is 21.6 Å². The van der Waals surface area contributed by atoms with Gasteiger partial charge in [-0.3, -0.25) is 9.10 Å². The number of anilines is 2. The summed E-state index contributed by atoms with van der Waals surface area (Å²) in [5, 5.41) is 2.73. The predicted octanol–water partition coefficient (Wildman–Crippen LogP) is 3.16. The van der Waals surface area contributed by atoms with Crippen LogP contribution in [0.15, 0.2) is 47.4 Å². The molecule has 2 aromatic carbocycles. The van der Waals surface area contributed by atoms with Gasteiger partial charge in [-0.1, -0.05) is 24.1 Å². The van der Waals surface area contributed by atoms with Gasteiger partial charge in [0.1, 0.15) is 4.90 Å². The van der Waals surface area contributed by atoms with Crippen LogP contribution in [0.4, 0.5) is 11.4 Å². The van der Waals surface area contributed by atoms with Gasteiger partial charge < -0.3 is 5.32 Å². The first kappa shape index (κ1) is 23.5. The topological polar surface area (TPSA) is 104 Å². The molecule has 11 heteroatoms. The molecule has 31 heavy (non-hydrogen) atoms. The molecule has 1 aliphatic rings. The van der Waals surface area contributed by atoms with E-state index < -0.39 is 26.0 Å². The van der Waals surface area contributed by atoms with Crippen molar-refractivity contribution in [3.8, 4) is 0 Å². The first-order valence-corrected chi connectivity index (χ1v) is 13.3. The summed E-state index contributed by atoms with van der Waals surface area (Å²) in [5.41, 5.74) is 0.875. The van der Waals surface area contributed by atoms with E-state index in [2.05, 4.69) is 5.32 Å². The van der Waals surface area contributed by atoms with E-state index in [1.165, 1.54) is 35.6 Å². The molecule has 0 saturated carbocycles. The number of sulfonamides is 2. The van der Waals surface area contributed by atoms with Crippen molar-refractivity contribution in [1.29, 1.82) is 0 Å². The standard InChI is InChI=1S/C20H24ClN3O5S2/c1-23(30(2,26)27)17-8-6-7-16(14-17)22-20(25)15-9-10-18(21)19(13-15)31(28,29)24-11-4-3-5-12-24/h6-10,13-14H,3-5,11-12H2,1-2H3,(H,22,25). The fourth-order valence-electron chi connectivity index (χ4n) is 3.26. The zero-order valence-electron chi connectivity index (χ0n) is 17.2. The summed E-state index contributed by atoms with van der Waals surface area (Å²) in [4.78, 5) is 12.7. The third-order valence-electron chi connectivity index (χ3n) is 5.09. The minimum absolute atomic E-state index is 0.0545. The highest BCUT2D eigenvalue weighted by atomic mass is 35.5. The van der Waals surface area contributed by atoms with Crippen LogP contribution in [0.25, 0.3) is 0 Å². The van der Waals surface area contributed by atoms with Crippen molar-refractivity contribution in [2.24, 2.45) is 0 Å². The molecule has 1 fully saturated rings. The summed E-state index contributed by atoms with van der Waals surface area (Å²) in [6, 6.07) is 10.4. The minimum Gasteiger partial charge on any atom is -0.322 e. The van der Waals surface area contributed by atoms with E-state index in [-0.39, 0.29) is 15.5 Å². The van der Waals surface area contributed by atoms with Crippen LogP contribution in [-0.2, 0) is 20.0 Å². The fraction of sp³-hybridized carbons (Fsp3) is 0.350. The quantitative estimate of drug-likeness (QED) is 0.676. The molecule has 0 spiro atoms. The highest BCUT2D eigenvalue weighted by Gasteiger charge is 2.28. The van der Waals surface area contributed by atoms with Crippen molar-refractivity contribution in [1.82, 2.24) is 4.31 Å². The molecule has 168 valence electrons. The predicted molar refractivity (Wildman–Crippen MR) is 122 cm³/mol. The number of rotatable bonds is 6. The Kier molecular flexibility index (Phi) is 6.95.